The largest absolute Gasteiger partial charge is 0.490 e. The smallest absolute Gasteiger partial charge is 0.339 e. The van der Waals surface area contributed by atoms with Crippen molar-refractivity contribution in [1.29, 1.82) is 0 Å². The zero-order chi connectivity index (χ0) is 20.0. The molecule has 0 saturated carbocycles. The van der Waals surface area contributed by atoms with Crippen molar-refractivity contribution in [2.45, 2.75) is 11.8 Å². The lowest BCUT2D eigenvalue weighted by Crippen LogP contribution is -2.11. The van der Waals surface area contributed by atoms with Crippen LogP contribution in [0.2, 0.25) is 5.02 Å². The van der Waals surface area contributed by atoms with Gasteiger partial charge in [-0.2, -0.15) is 8.42 Å². The molecule has 0 spiro atoms. The minimum atomic E-state index is -4.01. The Morgan fingerprint density at radius 2 is 1.68 bits per heavy atom. The molecule has 28 heavy (non-hydrogen) atoms. The zero-order valence-electron chi connectivity index (χ0n) is 15.1. The van der Waals surface area contributed by atoms with Crippen molar-refractivity contribution >= 4 is 33.6 Å². The van der Waals surface area contributed by atoms with Gasteiger partial charge in [0.15, 0.2) is 11.5 Å². The van der Waals surface area contributed by atoms with Crippen molar-refractivity contribution in [2.24, 2.45) is 4.99 Å². The molecule has 0 heterocycles. The molecule has 0 aliphatic carbocycles. The second kappa shape index (κ2) is 8.91. The summed E-state index contributed by atoms with van der Waals surface area (Å²) in [5, 5.41) is 0.441. The van der Waals surface area contributed by atoms with E-state index in [-0.39, 0.29) is 10.6 Å². The maximum Gasteiger partial charge on any atom is 0.339 e. The number of rotatable bonds is 7. The first-order chi connectivity index (χ1) is 13.5. The van der Waals surface area contributed by atoms with Gasteiger partial charge in [0.2, 0.25) is 0 Å². The Balaban J connectivity index is 1.86. The second-order valence-corrected chi connectivity index (χ2v) is 7.71. The molecule has 5 nitrogen and oxygen atoms in total. The summed E-state index contributed by atoms with van der Waals surface area (Å²) in [4.78, 5) is 4.39. The van der Waals surface area contributed by atoms with Crippen LogP contribution < -0.4 is 8.92 Å². The molecule has 3 aromatic carbocycles. The first kappa shape index (κ1) is 19.9. The molecule has 3 aromatic rings. The molecule has 0 fully saturated rings. The van der Waals surface area contributed by atoms with Crippen molar-refractivity contribution in [3.63, 3.8) is 0 Å². The highest BCUT2D eigenvalue weighted by atomic mass is 35.5. The van der Waals surface area contributed by atoms with E-state index in [1.165, 1.54) is 24.3 Å². The lowest BCUT2D eigenvalue weighted by molar-refractivity contribution is 0.327. The number of hydrogen-bond acceptors (Lipinski definition) is 5. The van der Waals surface area contributed by atoms with Gasteiger partial charge >= 0.3 is 10.1 Å². The van der Waals surface area contributed by atoms with Crippen molar-refractivity contribution < 1.29 is 17.3 Å². The zero-order valence-corrected chi connectivity index (χ0v) is 16.7. The van der Waals surface area contributed by atoms with Crippen LogP contribution in [0.4, 0.5) is 5.69 Å². The average Bonchev–Trinajstić information content (AvgIpc) is 2.69. The van der Waals surface area contributed by atoms with Gasteiger partial charge in [0.1, 0.15) is 4.90 Å². The molecule has 3 rings (SSSR count). The fourth-order valence-electron chi connectivity index (χ4n) is 2.37. The van der Waals surface area contributed by atoms with Crippen molar-refractivity contribution in [2.75, 3.05) is 6.61 Å². The van der Waals surface area contributed by atoms with Crippen LogP contribution >= 0.6 is 11.6 Å². The van der Waals surface area contributed by atoms with Crippen LogP contribution in [-0.2, 0) is 10.1 Å². The van der Waals surface area contributed by atoms with E-state index in [4.69, 9.17) is 20.5 Å². The Bertz CT molecular complexity index is 1070. The number of halogens is 1. The third-order valence-electron chi connectivity index (χ3n) is 3.69. The van der Waals surface area contributed by atoms with E-state index < -0.39 is 10.1 Å². The Morgan fingerprint density at radius 1 is 0.964 bits per heavy atom. The van der Waals surface area contributed by atoms with Gasteiger partial charge in [-0.15, -0.1) is 0 Å². The minimum absolute atomic E-state index is 0.00839. The number of benzene rings is 3. The van der Waals surface area contributed by atoms with Crippen LogP contribution in [-0.4, -0.2) is 21.2 Å². The van der Waals surface area contributed by atoms with Gasteiger partial charge in [0, 0.05) is 11.2 Å². The predicted octanol–water partition coefficient (Wildman–Crippen LogP) is 5.26. The van der Waals surface area contributed by atoms with Gasteiger partial charge in [0.05, 0.1) is 12.3 Å². The van der Waals surface area contributed by atoms with Crippen LogP contribution in [0.5, 0.6) is 11.5 Å². The SMILES string of the molecule is CCOc1cc(C=Nc2ccccc2)ccc1OS(=O)(=O)c1ccc(Cl)cc1. The Morgan fingerprint density at radius 3 is 2.36 bits per heavy atom. The predicted molar refractivity (Wildman–Crippen MR) is 111 cm³/mol. The summed E-state index contributed by atoms with van der Waals surface area (Å²) in [6, 6.07) is 20.2. The topological polar surface area (TPSA) is 65.0 Å². The molecule has 0 aliphatic rings. The van der Waals surface area contributed by atoms with Crippen molar-refractivity contribution in [3.8, 4) is 11.5 Å². The van der Waals surface area contributed by atoms with E-state index in [0.29, 0.717) is 17.4 Å². The highest BCUT2D eigenvalue weighted by Gasteiger charge is 2.19. The molecule has 0 N–H and O–H groups in total. The van der Waals surface area contributed by atoms with Gasteiger partial charge in [-0.25, -0.2) is 0 Å². The maximum atomic E-state index is 12.5. The molecular weight excluding hydrogens is 398 g/mol. The fourth-order valence-corrected chi connectivity index (χ4v) is 3.44. The van der Waals surface area contributed by atoms with Gasteiger partial charge in [-0.1, -0.05) is 29.8 Å². The Kier molecular flexibility index (Phi) is 6.34. The Hall–Kier alpha value is -2.83. The molecular formula is C21H18ClNO4S. The van der Waals surface area contributed by atoms with E-state index in [1.54, 1.807) is 24.4 Å². The summed E-state index contributed by atoms with van der Waals surface area (Å²) in [5.41, 5.74) is 1.56. The fraction of sp³-hybridized carbons (Fsp3) is 0.0952. The highest BCUT2D eigenvalue weighted by molar-refractivity contribution is 7.87. The maximum absolute atomic E-state index is 12.5. The van der Waals surface area contributed by atoms with E-state index in [9.17, 15) is 8.42 Å². The van der Waals surface area contributed by atoms with Crippen molar-refractivity contribution in [3.05, 3.63) is 83.4 Å². The number of hydrogen-bond donors (Lipinski definition) is 0. The molecule has 0 radical (unpaired) electrons. The standard InChI is InChI=1S/C21H18ClNO4S/c1-2-26-21-14-16(15-23-18-6-4-3-5-7-18)8-13-20(21)27-28(24,25)19-11-9-17(22)10-12-19/h3-15H,2H2,1H3. The van der Waals surface area contributed by atoms with Gasteiger partial charge in [-0.05, 0) is 67.1 Å². The number of aliphatic imine (C=N–C) groups is 1. The van der Waals surface area contributed by atoms with E-state index >= 15 is 0 Å². The number of nitrogens with zero attached hydrogens (tertiary/aromatic N) is 1. The first-order valence-electron chi connectivity index (χ1n) is 8.54. The molecule has 0 saturated heterocycles. The summed E-state index contributed by atoms with van der Waals surface area (Å²) in [5.74, 6) is 0.422. The Labute approximate surface area is 169 Å². The summed E-state index contributed by atoms with van der Waals surface area (Å²) >= 11 is 5.81. The molecule has 144 valence electrons. The molecule has 0 atom stereocenters. The van der Waals surface area contributed by atoms with Crippen LogP contribution in [0.1, 0.15) is 12.5 Å². The third kappa shape index (κ3) is 5.12. The minimum Gasteiger partial charge on any atom is -0.490 e. The second-order valence-electron chi connectivity index (χ2n) is 5.72. The van der Waals surface area contributed by atoms with Crippen LogP contribution in [0, 0.1) is 0 Å². The molecule has 0 bridgehead atoms. The van der Waals surface area contributed by atoms with Gasteiger partial charge < -0.3 is 8.92 Å². The first-order valence-corrected chi connectivity index (χ1v) is 10.3. The molecule has 0 aliphatic heterocycles. The highest BCUT2D eigenvalue weighted by Crippen LogP contribution is 2.31. The van der Waals surface area contributed by atoms with E-state index in [0.717, 1.165) is 11.3 Å². The number of para-hydroxylation sites is 1. The summed E-state index contributed by atoms with van der Waals surface area (Å²) < 4.78 is 35.9. The third-order valence-corrected chi connectivity index (χ3v) is 5.19. The monoisotopic (exact) mass is 415 g/mol. The van der Waals surface area contributed by atoms with Crippen molar-refractivity contribution in [1.82, 2.24) is 0 Å². The van der Waals surface area contributed by atoms with Crippen LogP contribution in [0.3, 0.4) is 0 Å². The number of ether oxygens (including phenoxy) is 1. The summed E-state index contributed by atoms with van der Waals surface area (Å²) in [6.45, 7) is 2.17. The van der Waals surface area contributed by atoms with E-state index in [1.807, 2.05) is 37.3 Å². The normalized spacial score (nSPS) is 11.5. The summed E-state index contributed by atoms with van der Waals surface area (Å²) in [6.07, 6.45) is 1.68. The molecule has 0 unspecified atom stereocenters. The van der Waals surface area contributed by atoms with Crippen LogP contribution in [0.15, 0.2) is 82.7 Å². The lowest BCUT2D eigenvalue weighted by Gasteiger charge is -2.12. The van der Waals surface area contributed by atoms with E-state index in [2.05, 4.69) is 4.99 Å². The quantitative estimate of drug-likeness (QED) is 0.390. The van der Waals surface area contributed by atoms with Gasteiger partial charge in [-0.3, -0.25) is 4.99 Å². The summed E-state index contributed by atoms with van der Waals surface area (Å²) in [7, 11) is -4.01. The lowest BCUT2D eigenvalue weighted by atomic mass is 10.2. The molecule has 0 aromatic heterocycles. The molecule has 7 heteroatoms. The average molecular weight is 416 g/mol. The van der Waals surface area contributed by atoms with Crippen LogP contribution in [0.25, 0.3) is 0 Å². The molecule has 0 amide bonds. The van der Waals surface area contributed by atoms with Gasteiger partial charge in [0.25, 0.3) is 0 Å².